The van der Waals surface area contributed by atoms with Crippen LogP contribution in [0.1, 0.15) is 20.8 Å². The fourth-order valence-corrected chi connectivity index (χ4v) is 3.17. The summed E-state index contributed by atoms with van der Waals surface area (Å²) in [6.45, 7) is 9.25. The van der Waals surface area contributed by atoms with Gasteiger partial charge in [-0.3, -0.25) is 9.69 Å². The van der Waals surface area contributed by atoms with Gasteiger partial charge in [-0.1, -0.05) is 0 Å². The molecule has 0 bridgehead atoms. The quantitative estimate of drug-likeness (QED) is 0.846. The highest BCUT2D eigenvalue weighted by atomic mass is 16.7. The average Bonchev–Trinajstić information content (AvgIpc) is 2.99. The van der Waals surface area contributed by atoms with Crippen LogP contribution < -0.4 is 14.2 Å². The van der Waals surface area contributed by atoms with Crippen molar-refractivity contribution in [1.29, 1.82) is 0 Å². The van der Waals surface area contributed by atoms with E-state index < -0.39 is 0 Å². The molecular formula is C17H24N2O4. The Kier molecular flexibility index (Phi) is 4.61. The molecule has 0 radical (unpaired) electrons. The van der Waals surface area contributed by atoms with E-state index in [-0.39, 0.29) is 19.3 Å². The van der Waals surface area contributed by atoms with Crippen molar-refractivity contribution in [3.63, 3.8) is 0 Å². The van der Waals surface area contributed by atoms with Crippen LogP contribution in [0.3, 0.4) is 0 Å². The zero-order chi connectivity index (χ0) is 16.4. The highest BCUT2D eigenvalue weighted by Crippen LogP contribution is 2.35. The SMILES string of the molecule is CC(C)N1CCN(C(=O)COc2ccc3c(c2)OCO3)C[C@H]1C. The van der Waals surface area contributed by atoms with Crippen LogP contribution in [0.15, 0.2) is 18.2 Å². The maximum absolute atomic E-state index is 12.4. The standard InChI is InChI=1S/C17H24N2O4/c1-12(2)19-7-6-18(9-13(19)3)17(20)10-21-14-4-5-15-16(8-14)23-11-22-15/h4-5,8,12-13H,6-7,9-11H2,1-3H3/t13-/m1/s1. The first-order valence-electron chi connectivity index (χ1n) is 8.10. The first-order chi connectivity index (χ1) is 11.0. The van der Waals surface area contributed by atoms with Crippen LogP contribution in [0.25, 0.3) is 0 Å². The Bertz CT molecular complexity index is 576. The number of piperazine rings is 1. The van der Waals surface area contributed by atoms with Crippen molar-refractivity contribution in [2.45, 2.75) is 32.9 Å². The summed E-state index contributed by atoms with van der Waals surface area (Å²) in [5.74, 6) is 2.02. The second-order valence-corrected chi connectivity index (χ2v) is 6.32. The van der Waals surface area contributed by atoms with Gasteiger partial charge in [-0.05, 0) is 32.9 Å². The van der Waals surface area contributed by atoms with E-state index in [1.54, 1.807) is 18.2 Å². The molecular weight excluding hydrogens is 296 g/mol. The molecule has 6 heteroatoms. The maximum atomic E-state index is 12.4. The Morgan fingerprint density at radius 1 is 1.30 bits per heavy atom. The van der Waals surface area contributed by atoms with Crippen molar-refractivity contribution >= 4 is 5.91 Å². The maximum Gasteiger partial charge on any atom is 0.260 e. The molecule has 1 amide bonds. The van der Waals surface area contributed by atoms with Crippen LogP contribution >= 0.6 is 0 Å². The van der Waals surface area contributed by atoms with E-state index >= 15 is 0 Å². The molecule has 1 atom stereocenters. The number of hydrogen-bond donors (Lipinski definition) is 0. The van der Waals surface area contributed by atoms with Crippen molar-refractivity contribution in [2.75, 3.05) is 33.0 Å². The van der Waals surface area contributed by atoms with Crippen LogP contribution in [0.5, 0.6) is 17.2 Å². The van der Waals surface area contributed by atoms with Gasteiger partial charge in [0.15, 0.2) is 18.1 Å². The minimum Gasteiger partial charge on any atom is -0.484 e. The van der Waals surface area contributed by atoms with Gasteiger partial charge < -0.3 is 19.1 Å². The summed E-state index contributed by atoms with van der Waals surface area (Å²) >= 11 is 0. The van der Waals surface area contributed by atoms with Crippen LogP contribution in [0.4, 0.5) is 0 Å². The van der Waals surface area contributed by atoms with Gasteiger partial charge in [0, 0.05) is 37.8 Å². The third-order valence-electron chi connectivity index (χ3n) is 4.40. The van der Waals surface area contributed by atoms with Gasteiger partial charge in [0.1, 0.15) is 5.75 Å². The lowest BCUT2D eigenvalue weighted by Gasteiger charge is -2.42. The largest absolute Gasteiger partial charge is 0.484 e. The van der Waals surface area contributed by atoms with Crippen molar-refractivity contribution in [3.8, 4) is 17.2 Å². The van der Waals surface area contributed by atoms with Crippen molar-refractivity contribution < 1.29 is 19.0 Å². The zero-order valence-electron chi connectivity index (χ0n) is 13.9. The number of nitrogens with zero attached hydrogens (tertiary/aromatic N) is 2. The van der Waals surface area contributed by atoms with E-state index in [4.69, 9.17) is 14.2 Å². The molecule has 1 aromatic carbocycles. The molecule has 1 aromatic rings. The summed E-state index contributed by atoms with van der Waals surface area (Å²) in [7, 11) is 0. The molecule has 23 heavy (non-hydrogen) atoms. The van der Waals surface area contributed by atoms with E-state index in [2.05, 4.69) is 25.7 Å². The summed E-state index contributed by atoms with van der Waals surface area (Å²) in [6.07, 6.45) is 0. The predicted octanol–water partition coefficient (Wildman–Crippen LogP) is 1.74. The summed E-state index contributed by atoms with van der Waals surface area (Å²) in [4.78, 5) is 16.7. The predicted molar refractivity (Wildman–Crippen MR) is 85.9 cm³/mol. The molecule has 0 aliphatic carbocycles. The van der Waals surface area contributed by atoms with Crippen LogP contribution in [-0.4, -0.2) is 60.8 Å². The van der Waals surface area contributed by atoms with E-state index in [0.29, 0.717) is 29.3 Å². The summed E-state index contributed by atoms with van der Waals surface area (Å²) in [5, 5.41) is 0. The number of amides is 1. The second-order valence-electron chi connectivity index (χ2n) is 6.32. The van der Waals surface area contributed by atoms with E-state index in [9.17, 15) is 4.79 Å². The summed E-state index contributed by atoms with van der Waals surface area (Å²) in [6, 6.07) is 6.23. The number of carbonyl (C=O) groups excluding carboxylic acids is 1. The highest BCUT2D eigenvalue weighted by molar-refractivity contribution is 5.78. The number of fused-ring (bicyclic) bond motifs is 1. The fraction of sp³-hybridized carbons (Fsp3) is 0.588. The van der Waals surface area contributed by atoms with Crippen LogP contribution in [-0.2, 0) is 4.79 Å². The Morgan fingerprint density at radius 2 is 2.09 bits per heavy atom. The number of ether oxygens (including phenoxy) is 3. The third-order valence-corrected chi connectivity index (χ3v) is 4.40. The minimum absolute atomic E-state index is 0.0259. The molecule has 126 valence electrons. The molecule has 3 rings (SSSR count). The lowest BCUT2D eigenvalue weighted by Crippen LogP contribution is -2.56. The lowest BCUT2D eigenvalue weighted by molar-refractivity contribution is -0.136. The molecule has 2 aliphatic heterocycles. The minimum atomic E-state index is 0.0259. The van der Waals surface area contributed by atoms with Gasteiger partial charge in [0.05, 0.1) is 0 Å². The van der Waals surface area contributed by atoms with E-state index in [1.807, 2.05) is 4.90 Å². The summed E-state index contributed by atoms with van der Waals surface area (Å²) in [5.41, 5.74) is 0. The smallest absolute Gasteiger partial charge is 0.260 e. The van der Waals surface area contributed by atoms with Crippen LogP contribution in [0, 0.1) is 0 Å². The van der Waals surface area contributed by atoms with Gasteiger partial charge in [-0.2, -0.15) is 0 Å². The molecule has 6 nitrogen and oxygen atoms in total. The molecule has 1 fully saturated rings. The molecule has 0 aromatic heterocycles. The molecule has 0 unspecified atom stereocenters. The average molecular weight is 320 g/mol. The molecule has 2 heterocycles. The van der Waals surface area contributed by atoms with E-state index in [1.165, 1.54) is 0 Å². The number of benzene rings is 1. The van der Waals surface area contributed by atoms with Crippen LogP contribution in [0.2, 0.25) is 0 Å². The monoisotopic (exact) mass is 320 g/mol. The van der Waals surface area contributed by atoms with Gasteiger partial charge >= 0.3 is 0 Å². The number of hydrogen-bond acceptors (Lipinski definition) is 5. The summed E-state index contributed by atoms with van der Waals surface area (Å²) < 4.78 is 16.2. The van der Waals surface area contributed by atoms with Gasteiger partial charge in [0.2, 0.25) is 6.79 Å². The Hall–Kier alpha value is -1.95. The van der Waals surface area contributed by atoms with Gasteiger partial charge in [0.25, 0.3) is 5.91 Å². The van der Waals surface area contributed by atoms with Crippen molar-refractivity contribution in [2.24, 2.45) is 0 Å². The Balaban J connectivity index is 1.52. The lowest BCUT2D eigenvalue weighted by atomic mass is 10.1. The van der Waals surface area contributed by atoms with Crippen molar-refractivity contribution in [3.05, 3.63) is 18.2 Å². The molecule has 2 aliphatic rings. The Morgan fingerprint density at radius 3 is 2.83 bits per heavy atom. The molecule has 0 spiro atoms. The first kappa shape index (κ1) is 15.9. The molecule has 0 saturated carbocycles. The Labute approximate surface area is 136 Å². The normalized spacial score (nSPS) is 20.9. The zero-order valence-corrected chi connectivity index (χ0v) is 13.9. The number of rotatable bonds is 4. The molecule has 1 saturated heterocycles. The van der Waals surface area contributed by atoms with Gasteiger partial charge in [-0.15, -0.1) is 0 Å². The highest BCUT2D eigenvalue weighted by Gasteiger charge is 2.28. The van der Waals surface area contributed by atoms with E-state index in [0.717, 1.165) is 19.6 Å². The molecule has 0 N–H and O–H groups in total. The fourth-order valence-electron chi connectivity index (χ4n) is 3.17. The van der Waals surface area contributed by atoms with Gasteiger partial charge in [-0.25, -0.2) is 0 Å². The second kappa shape index (κ2) is 6.66. The topological polar surface area (TPSA) is 51.2 Å². The number of carbonyl (C=O) groups is 1. The first-order valence-corrected chi connectivity index (χ1v) is 8.10. The third kappa shape index (κ3) is 3.52. The van der Waals surface area contributed by atoms with Crippen molar-refractivity contribution in [1.82, 2.24) is 9.80 Å².